The van der Waals surface area contributed by atoms with Crippen LogP contribution >= 0.6 is 0 Å². The van der Waals surface area contributed by atoms with Crippen molar-refractivity contribution in [2.24, 2.45) is 0 Å². The van der Waals surface area contributed by atoms with Crippen molar-refractivity contribution in [1.29, 1.82) is 0 Å². The van der Waals surface area contributed by atoms with Crippen LogP contribution in [0.3, 0.4) is 0 Å². The van der Waals surface area contributed by atoms with E-state index in [-0.39, 0.29) is 0 Å². The summed E-state index contributed by atoms with van der Waals surface area (Å²) >= 11 is 0. The van der Waals surface area contributed by atoms with Gasteiger partial charge in [0.15, 0.2) is 0 Å². The second-order valence-electron chi connectivity index (χ2n) is 1.53. The first kappa shape index (κ1) is 7.88. The molecule has 0 aliphatic carbocycles. The van der Waals surface area contributed by atoms with E-state index < -0.39 is 6.23 Å². The Morgan fingerprint density at radius 2 is 2.38 bits per heavy atom. The molecule has 0 fully saturated rings. The molecule has 3 heteroatoms. The summed E-state index contributed by atoms with van der Waals surface area (Å²) in [4.78, 5) is 0. The van der Waals surface area contributed by atoms with Gasteiger partial charge in [-0.25, -0.2) is 0 Å². The Balaban J connectivity index is 2.92. The van der Waals surface area contributed by atoms with Gasteiger partial charge < -0.3 is 9.84 Å². The Morgan fingerprint density at radius 3 is 2.75 bits per heavy atom. The lowest BCUT2D eigenvalue weighted by molar-refractivity contribution is 0.0439. The van der Waals surface area contributed by atoms with Crippen molar-refractivity contribution in [3.63, 3.8) is 0 Å². The third-order valence-electron chi connectivity index (χ3n) is 0.764. The minimum atomic E-state index is -0.509. The van der Waals surface area contributed by atoms with Crippen LogP contribution in [0.4, 0.5) is 0 Å². The average Bonchev–Trinajstić information content (AvgIpc) is 1.68. The van der Waals surface area contributed by atoms with Crippen molar-refractivity contribution < 1.29 is 9.84 Å². The van der Waals surface area contributed by atoms with E-state index in [1.807, 2.05) is 6.92 Å². The molecule has 3 nitrogen and oxygen atoms in total. The van der Waals surface area contributed by atoms with Crippen LogP contribution in [-0.4, -0.2) is 31.6 Å². The summed E-state index contributed by atoms with van der Waals surface area (Å²) in [7, 11) is 1.56. The monoisotopic (exact) mass is 119 g/mol. The molecule has 0 bridgehead atoms. The van der Waals surface area contributed by atoms with Gasteiger partial charge >= 0.3 is 0 Å². The zero-order chi connectivity index (χ0) is 6.41. The highest BCUT2D eigenvalue weighted by molar-refractivity contribution is 4.45. The molecular weight excluding hydrogens is 106 g/mol. The summed E-state index contributed by atoms with van der Waals surface area (Å²) in [5, 5.41) is 11.6. The fourth-order valence-corrected chi connectivity index (χ4v) is 0.452. The van der Waals surface area contributed by atoms with Crippen LogP contribution in [0, 0.1) is 0 Å². The van der Waals surface area contributed by atoms with Gasteiger partial charge in [0.25, 0.3) is 0 Å². The molecule has 0 saturated carbocycles. The summed E-state index contributed by atoms with van der Waals surface area (Å²) in [6, 6.07) is 0. The van der Waals surface area contributed by atoms with Crippen molar-refractivity contribution in [2.45, 2.75) is 13.2 Å². The molecule has 0 spiro atoms. The van der Waals surface area contributed by atoms with Gasteiger partial charge in [0.05, 0.1) is 6.61 Å². The van der Waals surface area contributed by atoms with E-state index in [2.05, 4.69) is 10.1 Å². The maximum atomic E-state index is 8.81. The molecule has 0 heterocycles. The number of likely N-dealkylation sites (N-methyl/N-ethyl adjacent to an activating group) is 1. The van der Waals surface area contributed by atoms with Crippen molar-refractivity contribution in [3.8, 4) is 0 Å². The second-order valence-corrected chi connectivity index (χ2v) is 1.53. The highest BCUT2D eigenvalue weighted by Gasteiger charge is 1.96. The third kappa shape index (κ3) is 4.05. The lowest BCUT2D eigenvalue weighted by Gasteiger charge is -2.07. The molecule has 0 amide bonds. The Hall–Kier alpha value is -0.120. The van der Waals surface area contributed by atoms with Gasteiger partial charge in [-0.1, -0.05) is 6.92 Å². The molecule has 2 N–H and O–H groups in total. The number of aliphatic hydroxyl groups is 1. The Kier molecular flexibility index (Phi) is 4.95. The predicted molar refractivity (Wildman–Crippen MR) is 31.6 cm³/mol. The number of hydrogen-bond acceptors (Lipinski definition) is 3. The minimum absolute atomic E-state index is 0.355. The topological polar surface area (TPSA) is 41.5 Å². The van der Waals surface area contributed by atoms with E-state index in [1.54, 1.807) is 7.11 Å². The van der Waals surface area contributed by atoms with Gasteiger partial charge in [-0.2, -0.15) is 0 Å². The standard InChI is InChI=1S/C5H13NO2/c1-3-6-5(7)4-8-2/h5-7H,3-4H2,1-2H3. The number of aliphatic hydroxyl groups excluding tert-OH is 1. The van der Waals surface area contributed by atoms with E-state index in [4.69, 9.17) is 5.11 Å². The van der Waals surface area contributed by atoms with Gasteiger partial charge in [-0.05, 0) is 6.54 Å². The average molecular weight is 119 g/mol. The third-order valence-corrected chi connectivity index (χ3v) is 0.764. The van der Waals surface area contributed by atoms with Crippen molar-refractivity contribution in [2.75, 3.05) is 20.3 Å². The fourth-order valence-electron chi connectivity index (χ4n) is 0.452. The van der Waals surface area contributed by atoms with Crippen LogP contribution in [0.2, 0.25) is 0 Å². The highest BCUT2D eigenvalue weighted by atomic mass is 16.5. The Bertz CT molecular complexity index is 43.7. The van der Waals surface area contributed by atoms with Crippen LogP contribution in [0.15, 0.2) is 0 Å². The van der Waals surface area contributed by atoms with E-state index in [0.29, 0.717) is 6.61 Å². The molecule has 0 aromatic heterocycles. The van der Waals surface area contributed by atoms with Crippen LogP contribution in [-0.2, 0) is 4.74 Å². The summed E-state index contributed by atoms with van der Waals surface area (Å²) in [5.41, 5.74) is 0. The lowest BCUT2D eigenvalue weighted by atomic mass is 10.6. The molecule has 50 valence electrons. The molecule has 8 heavy (non-hydrogen) atoms. The molecule has 0 aromatic rings. The predicted octanol–water partition coefficient (Wildman–Crippen LogP) is -0.439. The molecule has 0 saturated heterocycles. The van der Waals surface area contributed by atoms with E-state index in [1.165, 1.54) is 0 Å². The molecule has 0 aromatic carbocycles. The molecule has 0 radical (unpaired) electrons. The first-order chi connectivity index (χ1) is 3.81. The molecular formula is C5H13NO2. The second kappa shape index (κ2) is 5.03. The quantitative estimate of drug-likeness (QED) is 0.493. The van der Waals surface area contributed by atoms with Gasteiger partial charge in [0.2, 0.25) is 0 Å². The first-order valence-electron chi connectivity index (χ1n) is 2.71. The van der Waals surface area contributed by atoms with E-state index in [0.717, 1.165) is 6.54 Å². The zero-order valence-electron chi connectivity index (χ0n) is 5.35. The summed E-state index contributed by atoms with van der Waals surface area (Å²) in [6.07, 6.45) is -0.509. The largest absolute Gasteiger partial charge is 0.381 e. The normalized spacial score (nSPS) is 13.9. The number of rotatable bonds is 4. The zero-order valence-corrected chi connectivity index (χ0v) is 5.35. The summed E-state index contributed by atoms with van der Waals surface area (Å²) in [6.45, 7) is 3.05. The van der Waals surface area contributed by atoms with Crippen molar-refractivity contribution >= 4 is 0 Å². The number of hydrogen-bond donors (Lipinski definition) is 2. The summed E-state index contributed by atoms with van der Waals surface area (Å²) < 4.78 is 4.64. The van der Waals surface area contributed by atoms with Crippen LogP contribution < -0.4 is 5.32 Å². The van der Waals surface area contributed by atoms with Gasteiger partial charge in [-0.15, -0.1) is 0 Å². The number of nitrogens with one attached hydrogen (secondary N) is 1. The van der Waals surface area contributed by atoms with Crippen molar-refractivity contribution in [3.05, 3.63) is 0 Å². The fraction of sp³-hybridized carbons (Fsp3) is 1.00. The van der Waals surface area contributed by atoms with Crippen molar-refractivity contribution in [1.82, 2.24) is 5.32 Å². The number of methoxy groups -OCH3 is 1. The molecule has 1 unspecified atom stereocenters. The highest BCUT2D eigenvalue weighted by Crippen LogP contribution is 1.74. The minimum Gasteiger partial charge on any atom is -0.381 e. The van der Waals surface area contributed by atoms with E-state index in [9.17, 15) is 0 Å². The van der Waals surface area contributed by atoms with Gasteiger partial charge in [-0.3, -0.25) is 5.32 Å². The number of ether oxygens (including phenoxy) is 1. The van der Waals surface area contributed by atoms with Crippen LogP contribution in [0.25, 0.3) is 0 Å². The first-order valence-corrected chi connectivity index (χ1v) is 2.71. The molecule has 0 aliphatic heterocycles. The van der Waals surface area contributed by atoms with Gasteiger partial charge in [0.1, 0.15) is 6.23 Å². The Morgan fingerprint density at radius 1 is 1.75 bits per heavy atom. The summed E-state index contributed by atoms with van der Waals surface area (Å²) in [5.74, 6) is 0. The molecule has 0 rings (SSSR count). The maximum absolute atomic E-state index is 8.81. The molecule has 1 atom stereocenters. The molecule has 0 aliphatic rings. The lowest BCUT2D eigenvalue weighted by Crippen LogP contribution is -2.32. The van der Waals surface area contributed by atoms with E-state index >= 15 is 0 Å². The SMILES string of the molecule is CCNC(O)COC. The smallest absolute Gasteiger partial charge is 0.128 e. The maximum Gasteiger partial charge on any atom is 0.128 e. The van der Waals surface area contributed by atoms with Crippen LogP contribution in [0.1, 0.15) is 6.92 Å². The van der Waals surface area contributed by atoms with Crippen LogP contribution in [0.5, 0.6) is 0 Å². The Labute approximate surface area is 49.7 Å². The van der Waals surface area contributed by atoms with Gasteiger partial charge in [0, 0.05) is 7.11 Å².